The molecule has 1 rings (SSSR count). The lowest BCUT2D eigenvalue weighted by atomic mass is 10.0. The van der Waals surface area contributed by atoms with Crippen molar-refractivity contribution in [1.82, 2.24) is 0 Å². The van der Waals surface area contributed by atoms with Crippen molar-refractivity contribution in [3.63, 3.8) is 0 Å². The summed E-state index contributed by atoms with van der Waals surface area (Å²) in [7, 11) is 0. The van der Waals surface area contributed by atoms with Crippen molar-refractivity contribution in [3.05, 3.63) is 42.0 Å². The molecule has 0 aliphatic rings. The van der Waals surface area contributed by atoms with Crippen LogP contribution in [0.4, 0.5) is 0 Å². The van der Waals surface area contributed by atoms with Crippen molar-refractivity contribution in [2.45, 2.75) is 19.3 Å². The second kappa shape index (κ2) is 5.55. The number of hydrogen-bond acceptors (Lipinski definition) is 1. The van der Waals surface area contributed by atoms with Crippen molar-refractivity contribution in [2.24, 2.45) is 0 Å². The summed E-state index contributed by atoms with van der Waals surface area (Å²) in [5.41, 5.74) is 2.53. The zero-order valence-electron chi connectivity index (χ0n) is 7.87. The van der Waals surface area contributed by atoms with Gasteiger partial charge in [-0.25, -0.2) is 0 Å². The van der Waals surface area contributed by atoms with Crippen LogP contribution in [0.25, 0.3) is 6.08 Å². The van der Waals surface area contributed by atoms with Gasteiger partial charge < -0.3 is 5.11 Å². The molecule has 0 bridgehead atoms. The van der Waals surface area contributed by atoms with Crippen LogP contribution in [-0.2, 0) is 6.42 Å². The van der Waals surface area contributed by atoms with Gasteiger partial charge in [-0.3, -0.25) is 0 Å². The molecule has 0 amide bonds. The molecule has 0 fully saturated rings. The van der Waals surface area contributed by atoms with Crippen LogP contribution < -0.4 is 0 Å². The van der Waals surface area contributed by atoms with E-state index in [1.54, 1.807) is 0 Å². The molecule has 0 atom stereocenters. The normalized spacial score (nSPS) is 9.92. The Kier molecular flexibility index (Phi) is 4.27. The summed E-state index contributed by atoms with van der Waals surface area (Å²) >= 11 is 0. The average molecular weight is 176 g/mol. The summed E-state index contributed by atoms with van der Waals surface area (Å²) in [5.74, 6) is 0. The molecule has 1 N–H and O–H groups in total. The Balaban J connectivity index is 2.59. The van der Waals surface area contributed by atoms with Crippen molar-refractivity contribution < 1.29 is 5.11 Å². The molecule has 0 aliphatic heterocycles. The largest absolute Gasteiger partial charge is 0.396 e. The van der Waals surface area contributed by atoms with Crippen LogP contribution >= 0.6 is 0 Å². The van der Waals surface area contributed by atoms with E-state index in [0.29, 0.717) is 0 Å². The quantitative estimate of drug-likeness (QED) is 0.684. The van der Waals surface area contributed by atoms with E-state index in [2.05, 4.69) is 18.7 Å². The van der Waals surface area contributed by atoms with Crippen LogP contribution in [0, 0.1) is 0 Å². The maximum atomic E-state index is 8.65. The Morgan fingerprint density at radius 2 is 2.00 bits per heavy atom. The molecular weight excluding hydrogens is 160 g/mol. The van der Waals surface area contributed by atoms with Gasteiger partial charge >= 0.3 is 0 Å². The van der Waals surface area contributed by atoms with Gasteiger partial charge in [-0.05, 0) is 30.4 Å². The molecule has 70 valence electrons. The van der Waals surface area contributed by atoms with Gasteiger partial charge in [-0.15, -0.1) is 0 Å². The second-order valence-corrected chi connectivity index (χ2v) is 3.08. The number of rotatable bonds is 5. The van der Waals surface area contributed by atoms with E-state index in [-0.39, 0.29) is 6.61 Å². The van der Waals surface area contributed by atoms with E-state index in [1.807, 2.05) is 18.2 Å². The van der Waals surface area contributed by atoms with Crippen LogP contribution in [0.15, 0.2) is 30.8 Å². The van der Waals surface area contributed by atoms with Gasteiger partial charge in [0.05, 0.1) is 0 Å². The third kappa shape index (κ3) is 3.03. The molecule has 0 heterocycles. The predicted octanol–water partition coefficient (Wildman–Crippen LogP) is 2.64. The monoisotopic (exact) mass is 176 g/mol. The predicted molar refractivity (Wildman–Crippen MR) is 56.6 cm³/mol. The molecule has 0 aromatic heterocycles. The summed E-state index contributed by atoms with van der Waals surface area (Å²) in [6.07, 6.45) is 4.84. The number of unbranched alkanes of at least 4 members (excludes halogenated alkanes) is 1. The van der Waals surface area contributed by atoms with E-state index in [9.17, 15) is 0 Å². The molecule has 0 saturated carbocycles. The summed E-state index contributed by atoms with van der Waals surface area (Å²) in [5, 5.41) is 8.65. The SMILES string of the molecule is C=Cc1ccccc1CCCCO. The topological polar surface area (TPSA) is 20.2 Å². The molecule has 1 nitrogen and oxygen atoms in total. The van der Waals surface area contributed by atoms with Gasteiger partial charge in [0, 0.05) is 6.61 Å². The summed E-state index contributed by atoms with van der Waals surface area (Å²) in [4.78, 5) is 0. The van der Waals surface area contributed by atoms with E-state index < -0.39 is 0 Å². The van der Waals surface area contributed by atoms with Crippen LogP contribution in [0.5, 0.6) is 0 Å². The van der Waals surface area contributed by atoms with Crippen LogP contribution in [0.1, 0.15) is 24.0 Å². The van der Waals surface area contributed by atoms with Gasteiger partial charge in [-0.1, -0.05) is 36.9 Å². The molecule has 0 aliphatic carbocycles. The molecule has 1 aromatic carbocycles. The Morgan fingerprint density at radius 3 is 2.69 bits per heavy atom. The summed E-state index contributed by atoms with van der Waals surface area (Å²) in [6, 6.07) is 8.25. The standard InChI is InChI=1S/C12H16O/c1-2-11-7-3-4-8-12(11)9-5-6-10-13/h2-4,7-8,13H,1,5-6,9-10H2. The first-order valence-corrected chi connectivity index (χ1v) is 4.69. The van der Waals surface area contributed by atoms with Gasteiger partial charge in [0.1, 0.15) is 0 Å². The highest BCUT2D eigenvalue weighted by atomic mass is 16.2. The Hall–Kier alpha value is -1.08. The van der Waals surface area contributed by atoms with Crippen LogP contribution in [0.3, 0.4) is 0 Å². The minimum atomic E-state index is 0.288. The molecule has 13 heavy (non-hydrogen) atoms. The lowest BCUT2D eigenvalue weighted by molar-refractivity contribution is 0.284. The molecule has 0 spiro atoms. The van der Waals surface area contributed by atoms with E-state index in [0.717, 1.165) is 19.3 Å². The number of hydrogen-bond donors (Lipinski definition) is 1. The van der Waals surface area contributed by atoms with Crippen LogP contribution in [-0.4, -0.2) is 11.7 Å². The highest BCUT2D eigenvalue weighted by molar-refractivity contribution is 5.51. The molecule has 0 saturated heterocycles. The Bertz CT molecular complexity index is 266. The summed E-state index contributed by atoms with van der Waals surface area (Å²) < 4.78 is 0. The van der Waals surface area contributed by atoms with Crippen molar-refractivity contribution in [3.8, 4) is 0 Å². The minimum absolute atomic E-state index is 0.288. The third-order valence-corrected chi connectivity index (χ3v) is 2.13. The number of aliphatic hydroxyl groups excluding tert-OH is 1. The Morgan fingerprint density at radius 1 is 1.23 bits per heavy atom. The highest BCUT2D eigenvalue weighted by Gasteiger charge is 1.96. The first kappa shape index (κ1) is 10.0. The van der Waals surface area contributed by atoms with Crippen LogP contribution in [0.2, 0.25) is 0 Å². The average Bonchev–Trinajstić information content (AvgIpc) is 2.19. The number of aryl methyl sites for hydroxylation is 1. The van der Waals surface area contributed by atoms with Gasteiger partial charge in [0.25, 0.3) is 0 Å². The lowest BCUT2D eigenvalue weighted by Crippen LogP contribution is -1.91. The number of benzene rings is 1. The highest BCUT2D eigenvalue weighted by Crippen LogP contribution is 2.12. The van der Waals surface area contributed by atoms with Crippen molar-refractivity contribution in [2.75, 3.05) is 6.61 Å². The van der Waals surface area contributed by atoms with E-state index >= 15 is 0 Å². The second-order valence-electron chi connectivity index (χ2n) is 3.08. The fourth-order valence-corrected chi connectivity index (χ4v) is 1.39. The zero-order chi connectivity index (χ0) is 9.52. The Labute approximate surface area is 79.7 Å². The van der Waals surface area contributed by atoms with E-state index in [4.69, 9.17) is 5.11 Å². The first-order valence-electron chi connectivity index (χ1n) is 4.69. The van der Waals surface area contributed by atoms with Crippen molar-refractivity contribution in [1.29, 1.82) is 0 Å². The molecular formula is C12H16O. The molecule has 0 unspecified atom stereocenters. The number of aliphatic hydroxyl groups is 1. The smallest absolute Gasteiger partial charge is 0.0431 e. The molecule has 0 radical (unpaired) electrons. The van der Waals surface area contributed by atoms with Gasteiger partial charge in [-0.2, -0.15) is 0 Å². The summed E-state index contributed by atoms with van der Waals surface area (Å²) in [6.45, 7) is 4.06. The molecule has 1 heteroatoms. The third-order valence-electron chi connectivity index (χ3n) is 2.13. The van der Waals surface area contributed by atoms with E-state index in [1.165, 1.54) is 11.1 Å². The maximum Gasteiger partial charge on any atom is 0.0431 e. The van der Waals surface area contributed by atoms with Gasteiger partial charge in [0.15, 0.2) is 0 Å². The zero-order valence-corrected chi connectivity index (χ0v) is 7.87. The minimum Gasteiger partial charge on any atom is -0.396 e. The fourth-order valence-electron chi connectivity index (χ4n) is 1.39. The van der Waals surface area contributed by atoms with Crippen molar-refractivity contribution >= 4 is 6.08 Å². The molecule has 1 aromatic rings. The first-order chi connectivity index (χ1) is 6.38. The maximum absolute atomic E-state index is 8.65. The fraction of sp³-hybridized carbons (Fsp3) is 0.333. The van der Waals surface area contributed by atoms with Gasteiger partial charge in [0.2, 0.25) is 0 Å². The lowest BCUT2D eigenvalue weighted by Gasteiger charge is -2.04.